The number of hydrogen-bond acceptors (Lipinski definition) is 3. The number of ether oxygens (including phenoxy) is 2. The Morgan fingerprint density at radius 3 is 1.93 bits per heavy atom. The molecule has 0 fully saturated rings. The molecule has 1 N–H and O–H groups in total. The molecule has 1 rings (SSSR count). The van der Waals surface area contributed by atoms with Crippen molar-refractivity contribution in [3.05, 3.63) is 35.4 Å². The predicted molar refractivity (Wildman–Crippen MR) is 118 cm³/mol. The Hall–Kier alpha value is -1.04. The van der Waals surface area contributed by atoms with E-state index >= 15 is 0 Å². The number of halogens is 2. The van der Waals surface area contributed by atoms with E-state index in [2.05, 4.69) is 6.92 Å². The van der Waals surface area contributed by atoms with Crippen LogP contribution in [-0.4, -0.2) is 24.3 Å². The molecule has 0 aliphatic carbocycles. The van der Waals surface area contributed by atoms with Crippen LogP contribution < -0.4 is 0 Å². The molecule has 0 aliphatic rings. The number of benzene rings is 1. The van der Waals surface area contributed by atoms with E-state index in [4.69, 9.17) is 9.47 Å². The number of unbranched alkanes of at least 4 members (excludes halogenated alkanes) is 7. The van der Waals surface area contributed by atoms with Crippen LogP contribution in [0.15, 0.2) is 18.2 Å². The molecule has 3 nitrogen and oxygen atoms in total. The van der Waals surface area contributed by atoms with Crippen molar-refractivity contribution in [2.24, 2.45) is 5.92 Å². The maximum absolute atomic E-state index is 13.3. The van der Waals surface area contributed by atoms with Crippen molar-refractivity contribution in [2.75, 3.05) is 13.2 Å². The summed E-state index contributed by atoms with van der Waals surface area (Å²) >= 11 is 0. The third-order valence-electron chi connectivity index (χ3n) is 5.63. The first kappa shape index (κ1) is 27.0. The molecule has 1 atom stereocenters. The second kappa shape index (κ2) is 15.7. The Morgan fingerprint density at radius 1 is 0.800 bits per heavy atom. The maximum Gasteiger partial charge on any atom is 0.283 e. The van der Waals surface area contributed by atoms with E-state index in [1.165, 1.54) is 44.2 Å². The van der Waals surface area contributed by atoms with Crippen molar-refractivity contribution in [2.45, 2.75) is 104 Å². The second-order valence-electron chi connectivity index (χ2n) is 8.10. The van der Waals surface area contributed by atoms with Gasteiger partial charge in [-0.3, -0.25) is 0 Å². The molecular weight excluding hydrogens is 386 g/mol. The molecule has 0 spiro atoms. The summed E-state index contributed by atoms with van der Waals surface area (Å²) in [5, 5.41) is 11.0. The van der Waals surface area contributed by atoms with Crippen LogP contribution in [0, 0.1) is 17.6 Å². The smallest absolute Gasteiger partial charge is 0.283 e. The third kappa shape index (κ3) is 10.3. The van der Waals surface area contributed by atoms with Crippen molar-refractivity contribution in [3.63, 3.8) is 0 Å². The Labute approximate surface area is 182 Å². The Bertz CT molecular complexity index is 559. The molecule has 0 saturated carbocycles. The van der Waals surface area contributed by atoms with Crippen LogP contribution in [0.5, 0.6) is 0 Å². The van der Waals surface area contributed by atoms with Gasteiger partial charge in [0.2, 0.25) is 0 Å². The summed E-state index contributed by atoms with van der Waals surface area (Å²) in [6, 6.07) is 4.10. The fraction of sp³-hybridized carbons (Fsp3) is 0.760. The largest absolute Gasteiger partial charge is 0.343 e. The monoisotopic (exact) mass is 428 g/mol. The lowest BCUT2D eigenvalue weighted by Crippen LogP contribution is -2.44. The molecule has 0 aromatic heterocycles. The molecule has 0 saturated heterocycles. The fourth-order valence-corrected chi connectivity index (χ4v) is 3.96. The summed E-state index contributed by atoms with van der Waals surface area (Å²) in [7, 11) is 0. The molecule has 1 unspecified atom stereocenters. The van der Waals surface area contributed by atoms with E-state index in [0.717, 1.165) is 50.5 Å². The van der Waals surface area contributed by atoms with Gasteiger partial charge in [-0.2, -0.15) is 0 Å². The van der Waals surface area contributed by atoms with Gasteiger partial charge in [0.05, 0.1) is 0 Å². The van der Waals surface area contributed by atoms with Gasteiger partial charge >= 0.3 is 0 Å². The average Bonchev–Trinajstić information content (AvgIpc) is 2.71. The molecule has 0 amide bonds. The molecule has 1 aromatic carbocycles. The van der Waals surface area contributed by atoms with Crippen LogP contribution in [0.1, 0.15) is 97.0 Å². The minimum Gasteiger partial charge on any atom is -0.343 e. The number of aliphatic hydroxyl groups is 1. The van der Waals surface area contributed by atoms with Crippen LogP contribution in [0.2, 0.25) is 0 Å². The van der Waals surface area contributed by atoms with Gasteiger partial charge in [0.15, 0.2) is 11.6 Å². The molecule has 5 heteroatoms. The van der Waals surface area contributed by atoms with Crippen molar-refractivity contribution in [1.82, 2.24) is 0 Å². The standard InChI is InChI=1S/C25H42F2O3/c1-4-7-8-9-10-13-16-22(25(28,29-5-2)30-6-3)17-14-11-12-15-21-18-19-23(26)24(27)20-21/h18-20,22,28H,4-17H2,1-3H3. The van der Waals surface area contributed by atoms with Gasteiger partial charge in [0, 0.05) is 19.1 Å². The van der Waals surface area contributed by atoms with Crippen molar-refractivity contribution in [3.8, 4) is 0 Å². The Morgan fingerprint density at radius 2 is 1.37 bits per heavy atom. The average molecular weight is 429 g/mol. The van der Waals surface area contributed by atoms with Crippen LogP contribution in [0.25, 0.3) is 0 Å². The zero-order valence-electron chi connectivity index (χ0n) is 19.2. The molecule has 0 radical (unpaired) electrons. The van der Waals surface area contributed by atoms with Gasteiger partial charge in [-0.25, -0.2) is 8.78 Å². The highest BCUT2D eigenvalue weighted by Crippen LogP contribution is 2.31. The van der Waals surface area contributed by atoms with E-state index in [9.17, 15) is 13.9 Å². The molecule has 30 heavy (non-hydrogen) atoms. The van der Waals surface area contributed by atoms with E-state index in [1.54, 1.807) is 6.07 Å². The van der Waals surface area contributed by atoms with Crippen LogP contribution in [0.4, 0.5) is 8.78 Å². The van der Waals surface area contributed by atoms with Crippen molar-refractivity contribution >= 4 is 0 Å². The van der Waals surface area contributed by atoms with Crippen LogP contribution in [-0.2, 0) is 15.9 Å². The molecule has 0 heterocycles. The first-order valence-electron chi connectivity index (χ1n) is 11.9. The Balaban J connectivity index is 2.49. The zero-order valence-corrected chi connectivity index (χ0v) is 19.2. The zero-order chi connectivity index (χ0) is 22.2. The summed E-state index contributed by atoms with van der Waals surface area (Å²) in [5.41, 5.74) is 0.817. The summed E-state index contributed by atoms with van der Waals surface area (Å²) in [6.45, 7) is 6.76. The van der Waals surface area contributed by atoms with Crippen molar-refractivity contribution in [1.29, 1.82) is 0 Å². The SMILES string of the molecule is CCCCCCCCC(CCCCCc1ccc(F)c(F)c1)C(O)(OCC)OCC. The maximum atomic E-state index is 13.3. The highest BCUT2D eigenvalue weighted by atomic mass is 19.2. The molecule has 0 aliphatic heterocycles. The number of aryl methyl sites for hydroxylation is 1. The lowest BCUT2D eigenvalue weighted by molar-refractivity contribution is -0.385. The van der Waals surface area contributed by atoms with Crippen LogP contribution in [0.3, 0.4) is 0 Å². The predicted octanol–water partition coefficient (Wildman–Crippen LogP) is 7.15. The third-order valence-corrected chi connectivity index (χ3v) is 5.63. The van der Waals surface area contributed by atoms with Gasteiger partial charge in [-0.15, -0.1) is 0 Å². The summed E-state index contributed by atoms with van der Waals surface area (Å²) in [6.07, 6.45) is 12.5. The van der Waals surface area contributed by atoms with Gasteiger partial charge < -0.3 is 14.6 Å². The number of rotatable bonds is 18. The highest BCUT2D eigenvalue weighted by Gasteiger charge is 2.37. The topological polar surface area (TPSA) is 38.7 Å². The van der Waals surface area contributed by atoms with Crippen molar-refractivity contribution < 1.29 is 23.4 Å². The summed E-state index contributed by atoms with van der Waals surface area (Å²) in [4.78, 5) is 0. The van der Waals surface area contributed by atoms with Gasteiger partial charge in [0.25, 0.3) is 5.97 Å². The fourth-order valence-electron chi connectivity index (χ4n) is 3.96. The van der Waals surface area contributed by atoms with Crippen LogP contribution >= 0.6 is 0 Å². The molecule has 174 valence electrons. The van der Waals surface area contributed by atoms with Gasteiger partial charge in [0.1, 0.15) is 0 Å². The first-order chi connectivity index (χ1) is 14.5. The lowest BCUT2D eigenvalue weighted by Gasteiger charge is -2.35. The Kier molecular flexibility index (Phi) is 14.1. The van der Waals surface area contributed by atoms with Gasteiger partial charge in [-0.1, -0.05) is 64.4 Å². The minimum absolute atomic E-state index is 0.0631. The summed E-state index contributed by atoms with van der Waals surface area (Å²) < 4.78 is 37.6. The second-order valence-corrected chi connectivity index (χ2v) is 8.10. The quantitative estimate of drug-likeness (QED) is 0.199. The lowest BCUT2D eigenvalue weighted by atomic mass is 9.91. The normalized spacial score (nSPS) is 13.0. The van der Waals surface area contributed by atoms with E-state index < -0.39 is 17.6 Å². The molecule has 0 bridgehead atoms. The first-order valence-corrected chi connectivity index (χ1v) is 11.9. The minimum atomic E-state index is -1.52. The van der Waals surface area contributed by atoms with Gasteiger partial charge in [-0.05, 0) is 57.2 Å². The highest BCUT2D eigenvalue weighted by molar-refractivity contribution is 5.17. The van der Waals surface area contributed by atoms with E-state index in [-0.39, 0.29) is 5.92 Å². The summed E-state index contributed by atoms with van der Waals surface area (Å²) in [5.74, 6) is -3.17. The molecule has 1 aromatic rings. The van der Waals surface area contributed by atoms with E-state index in [0.29, 0.717) is 13.2 Å². The van der Waals surface area contributed by atoms with E-state index in [1.807, 2.05) is 13.8 Å². The molecular formula is C25H42F2O3. The number of hydrogen-bond donors (Lipinski definition) is 1.